The number of rotatable bonds is 5. The number of thiazole rings is 1. The van der Waals surface area contributed by atoms with Crippen molar-refractivity contribution in [3.8, 4) is 22.4 Å². The normalized spacial score (nSPS) is 11.5. The Hall–Kier alpha value is -4.18. The second kappa shape index (κ2) is 7.75. The number of ether oxygens (including phenoxy) is 1. The average molecular weight is 455 g/mol. The summed E-state index contributed by atoms with van der Waals surface area (Å²) in [6.07, 6.45) is 7.09. The molecule has 6 rings (SSSR count). The highest BCUT2D eigenvalue weighted by atomic mass is 32.1. The van der Waals surface area contributed by atoms with Gasteiger partial charge in [0.25, 0.3) is 0 Å². The molecule has 0 amide bonds. The first-order chi connectivity index (χ1) is 16.2. The molecule has 10 heteroatoms. The van der Waals surface area contributed by atoms with Crippen LogP contribution in [0.4, 0.5) is 0 Å². The van der Waals surface area contributed by atoms with E-state index in [0.717, 1.165) is 38.6 Å². The van der Waals surface area contributed by atoms with Crippen LogP contribution < -0.4 is 4.74 Å². The van der Waals surface area contributed by atoms with Crippen LogP contribution in [0.25, 0.3) is 38.7 Å². The fourth-order valence-electron chi connectivity index (χ4n) is 3.72. The Morgan fingerprint density at radius 2 is 1.91 bits per heavy atom. The molecule has 0 saturated carbocycles. The van der Waals surface area contributed by atoms with Gasteiger partial charge in [-0.1, -0.05) is 12.1 Å². The molecule has 6 aromatic rings. The van der Waals surface area contributed by atoms with Crippen LogP contribution in [0.15, 0.2) is 60.6 Å². The molecule has 0 fully saturated rings. The van der Waals surface area contributed by atoms with E-state index >= 15 is 0 Å². The van der Waals surface area contributed by atoms with Gasteiger partial charge in [-0.25, -0.2) is 24.6 Å². The molecule has 0 atom stereocenters. The molecule has 0 aliphatic heterocycles. The minimum absolute atomic E-state index is 0.546. The van der Waals surface area contributed by atoms with Crippen LogP contribution in [0.1, 0.15) is 11.3 Å². The molecular weight excluding hydrogens is 436 g/mol. The van der Waals surface area contributed by atoms with Gasteiger partial charge in [-0.2, -0.15) is 5.10 Å². The lowest BCUT2D eigenvalue weighted by atomic mass is 10.2. The Morgan fingerprint density at radius 3 is 2.70 bits per heavy atom. The van der Waals surface area contributed by atoms with Gasteiger partial charge >= 0.3 is 0 Å². The van der Waals surface area contributed by atoms with E-state index in [1.807, 2.05) is 47.2 Å². The largest absolute Gasteiger partial charge is 0.497 e. The zero-order valence-electron chi connectivity index (χ0n) is 17.9. The molecular formula is C23H18N8OS. The van der Waals surface area contributed by atoms with Crippen LogP contribution in [-0.4, -0.2) is 46.4 Å². The summed E-state index contributed by atoms with van der Waals surface area (Å²) in [7, 11) is 1.66. The molecule has 9 nitrogen and oxygen atoms in total. The Balaban J connectivity index is 1.54. The lowest BCUT2D eigenvalue weighted by Crippen LogP contribution is -2.06. The Bertz CT molecular complexity index is 1600. The number of fused-ring (bicyclic) bond motifs is 2. The van der Waals surface area contributed by atoms with Gasteiger partial charge in [-0.3, -0.25) is 4.98 Å². The van der Waals surface area contributed by atoms with Crippen molar-refractivity contribution in [1.29, 1.82) is 0 Å². The van der Waals surface area contributed by atoms with Crippen LogP contribution >= 0.6 is 11.3 Å². The Labute approximate surface area is 192 Å². The van der Waals surface area contributed by atoms with Crippen molar-refractivity contribution in [3.63, 3.8) is 0 Å². The van der Waals surface area contributed by atoms with Crippen molar-refractivity contribution in [1.82, 2.24) is 39.3 Å². The van der Waals surface area contributed by atoms with Gasteiger partial charge in [0.05, 0.1) is 31.7 Å². The molecule has 0 aliphatic carbocycles. The molecule has 0 N–H and O–H groups in total. The third-order valence-corrected chi connectivity index (χ3v) is 6.29. The van der Waals surface area contributed by atoms with Gasteiger partial charge < -0.3 is 9.30 Å². The van der Waals surface area contributed by atoms with Gasteiger partial charge in [0, 0.05) is 28.9 Å². The highest BCUT2D eigenvalue weighted by molar-refractivity contribution is 7.13. The number of aromatic nitrogens is 8. The average Bonchev–Trinajstić information content (AvgIpc) is 3.58. The van der Waals surface area contributed by atoms with Crippen LogP contribution in [0.5, 0.6) is 5.75 Å². The topological polar surface area (TPSA) is 96.4 Å². The second-order valence-corrected chi connectivity index (χ2v) is 8.41. The van der Waals surface area contributed by atoms with E-state index in [9.17, 15) is 0 Å². The predicted molar refractivity (Wildman–Crippen MR) is 126 cm³/mol. The number of pyridine rings is 1. The molecule has 0 spiro atoms. The van der Waals surface area contributed by atoms with E-state index in [-0.39, 0.29) is 0 Å². The van der Waals surface area contributed by atoms with Crippen molar-refractivity contribution in [2.45, 2.75) is 13.5 Å². The van der Waals surface area contributed by atoms with Crippen LogP contribution in [0.2, 0.25) is 0 Å². The summed E-state index contributed by atoms with van der Waals surface area (Å²) < 4.78 is 9.07. The smallest absolute Gasteiger partial charge is 0.192 e. The zero-order chi connectivity index (χ0) is 22.4. The quantitative estimate of drug-likeness (QED) is 0.388. The molecule has 33 heavy (non-hydrogen) atoms. The SMILES string of the molecule is COc1ccc(Cn2cnc3c(-n4ncc5cnccc54)nc(-c4nc(C)cs4)nc32)cc1. The number of benzene rings is 1. The van der Waals surface area contributed by atoms with Crippen LogP contribution in [-0.2, 0) is 6.54 Å². The first-order valence-corrected chi connectivity index (χ1v) is 11.1. The molecule has 0 bridgehead atoms. The maximum absolute atomic E-state index is 5.27. The van der Waals surface area contributed by atoms with Crippen molar-refractivity contribution in [2.75, 3.05) is 7.11 Å². The third kappa shape index (κ3) is 3.40. The number of imidazole rings is 1. The Kier molecular flexibility index (Phi) is 4.58. The summed E-state index contributed by atoms with van der Waals surface area (Å²) in [5.41, 5.74) is 4.33. The number of methoxy groups -OCH3 is 1. The molecule has 5 heterocycles. The van der Waals surface area contributed by atoms with Crippen molar-refractivity contribution < 1.29 is 4.74 Å². The minimum Gasteiger partial charge on any atom is -0.497 e. The Morgan fingerprint density at radius 1 is 1.03 bits per heavy atom. The molecule has 0 unspecified atom stereocenters. The number of nitrogens with zero attached hydrogens (tertiary/aromatic N) is 8. The third-order valence-electron chi connectivity index (χ3n) is 5.34. The summed E-state index contributed by atoms with van der Waals surface area (Å²) in [5, 5.41) is 8.25. The molecule has 0 radical (unpaired) electrons. The summed E-state index contributed by atoms with van der Waals surface area (Å²) in [6.45, 7) is 2.57. The van der Waals surface area contributed by atoms with E-state index < -0.39 is 0 Å². The van der Waals surface area contributed by atoms with Crippen molar-refractivity contribution in [2.24, 2.45) is 0 Å². The van der Waals surface area contributed by atoms with Gasteiger partial charge in [0.1, 0.15) is 5.75 Å². The first kappa shape index (κ1) is 19.5. The summed E-state index contributed by atoms with van der Waals surface area (Å²) in [4.78, 5) is 23.2. The van der Waals surface area contributed by atoms with Crippen LogP contribution in [0, 0.1) is 6.92 Å². The molecule has 162 valence electrons. The zero-order valence-corrected chi connectivity index (χ0v) is 18.7. The monoisotopic (exact) mass is 454 g/mol. The lowest BCUT2D eigenvalue weighted by molar-refractivity contribution is 0.414. The number of hydrogen-bond donors (Lipinski definition) is 0. The van der Waals surface area contributed by atoms with Gasteiger partial charge in [0.2, 0.25) is 0 Å². The number of aryl methyl sites for hydroxylation is 1. The minimum atomic E-state index is 0.546. The molecule has 0 saturated heterocycles. The fraction of sp³-hybridized carbons (Fsp3) is 0.130. The predicted octanol–water partition coefficient (Wildman–Crippen LogP) is 4.05. The maximum atomic E-state index is 5.27. The maximum Gasteiger partial charge on any atom is 0.192 e. The highest BCUT2D eigenvalue weighted by Gasteiger charge is 2.19. The second-order valence-electron chi connectivity index (χ2n) is 7.55. The van der Waals surface area contributed by atoms with E-state index in [1.165, 1.54) is 11.3 Å². The summed E-state index contributed by atoms with van der Waals surface area (Å²) >= 11 is 1.52. The molecule has 5 aromatic heterocycles. The van der Waals surface area contributed by atoms with E-state index in [1.54, 1.807) is 36.7 Å². The molecule has 1 aromatic carbocycles. The van der Waals surface area contributed by atoms with E-state index in [2.05, 4.69) is 20.1 Å². The highest BCUT2D eigenvalue weighted by Crippen LogP contribution is 2.27. The first-order valence-electron chi connectivity index (χ1n) is 10.3. The van der Waals surface area contributed by atoms with Gasteiger partial charge in [0.15, 0.2) is 27.8 Å². The fourth-order valence-corrected chi connectivity index (χ4v) is 4.44. The van der Waals surface area contributed by atoms with E-state index in [4.69, 9.17) is 14.7 Å². The summed E-state index contributed by atoms with van der Waals surface area (Å²) in [6, 6.07) is 9.88. The summed E-state index contributed by atoms with van der Waals surface area (Å²) in [5.74, 6) is 1.97. The van der Waals surface area contributed by atoms with Gasteiger partial charge in [-0.05, 0) is 30.7 Å². The molecule has 0 aliphatic rings. The van der Waals surface area contributed by atoms with Gasteiger partial charge in [-0.15, -0.1) is 11.3 Å². The van der Waals surface area contributed by atoms with E-state index in [0.29, 0.717) is 23.7 Å². The lowest BCUT2D eigenvalue weighted by Gasteiger charge is -2.08. The van der Waals surface area contributed by atoms with Crippen LogP contribution in [0.3, 0.4) is 0 Å². The number of hydrogen-bond acceptors (Lipinski definition) is 8. The van der Waals surface area contributed by atoms with Crippen molar-refractivity contribution in [3.05, 3.63) is 71.9 Å². The standard InChI is InChI=1S/C23H18N8OS/c1-14-12-33-23(27-14)20-28-21-19(22(29-20)31-18-7-8-24-9-16(18)10-26-31)25-13-30(21)11-15-3-5-17(32-2)6-4-15/h3-10,12-13H,11H2,1-2H3. The van der Waals surface area contributed by atoms with Crippen molar-refractivity contribution >= 4 is 33.4 Å².